The van der Waals surface area contributed by atoms with Gasteiger partial charge in [0, 0.05) is 26.3 Å². The molecule has 3 aromatic rings. The summed E-state index contributed by atoms with van der Waals surface area (Å²) in [5.41, 5.74) is 1.90. The van der Waals surface area contributed by atoms with Crippen molar-refractivity contribution in [2.45, 2.75) is 13.0 Å². The number of hydrogen-bond acceptors (Lipinski definition) is 4. The molecule has 0 spiro atoms. The van der Waals surface area contributed by atoms with Crippen molar-refractivity contribution in [3.63, 3.8) is 0 Å². The number of ether oxygens (including phenoxy) is 2. The molecule has 0 amide bonds. The van der Waals surface area contributed by atoms with Gasteiger partial charge in [0.05, 0.1) is 13.3 Å². The van der Waals surface area contributed by atoms with Crippen molar-refractivity contribution in [1.82, 2.24) is 15.6 Å². The predicted molar refractivity (Wildman–Crippen MR) is 116 cm³/mol. The third kappa shape index (κ3) is 5.94. The molecule has 0 radical (unpaired) electrons. The molecule has 0 bridgehead atoms. The van der Waals surface area contributed by atoms with Crippen LogP contribution < -0.4 is 20.1 Å². The number of aliphatic imine (C=N–C) groups is 1. The van der Waals surface area contributed by atoms with Crippen LogP contribution in [0.5, 0.6) is 17.2 Å². The first kappa shape index (κ1) is 21.1. The van der Waals surface area contributed by atoms with E-state index in [2.05, 4.69) is 20.6 Å². The van der Waals surface area contributed by atoms with E-state index in [1.807, 2.05) is 30.3 Å². The van der Waals surface area contributed by atoms with E-state index in [0.717, 1.165) is 23.3 Å². The Morgan fingerprint density at radius 3 is 2.67 bits per heavy atom. The fourth-order valence-electron chi connectivity index (χ4n) is 2.90. The number of benzene rings is 2. The lowest BCUT2D eigenvalue weighted by Crippen LogP contribution is -2.37. The van der Waals surface area contributed by atoms with Gasteiger partial charge in [-0.2, -0.15) is 0 Å². The van der Waals surface area contributed by atoms with Crippen LogP contribution in [0, 0.1) is 5.82 Å². The van der Waals surface area contributed by atoms with E-state index < -0.39 is 5.82 Å². The highest BCUT2D eigenvalue weighted by Gasteiger charge is 2.07. The van der Waals surface area contributed by atoms with Crippen LogP contribution in [0.25, 0.3) is 0 Å². The number of hydrogen-bond donors (Lipinski definition) is 2. The number of aromatic nitrogens is 1. The number of nitrogens with zero attached hydrogens (tertiary/aromatic N) is 2. The van der Waals surface area contributed by atoms with Gasteiger partial charge in [-0.15, -0.1) is 0 Å². The van der Waals surface area contributed by atoms with Gasteiger partial charge in [-0.25, -0.2) is 4.39 Å². The Morgan fingerprint density at radius 1 is 1.07 bits per heavy atom. The summed E-state index contributed by atoms with van der Waals surface area (Å²) in [6.07, 6.45) is 3.96. The fourth-order valence-corrected chi connectivity index (χ4v) is 2.90. The van der Waals surface area contributed by atoms with E-state index in [1.54, 1.807) is 38.6 Å². The summed E-state index contributed by atoms with van der Waals surface area (Å²) in [5.74, 6) is 1.72. The summed E-state index contributed by atoms with van der Waals surface area (Å²) in [4.78, 5) is 8.17. The van der Waals surface area contributed by atoms with Crippen LogP contribution in [0.3, 0.4) is 0 Å². The van der Waals surface area contributed by atoms with Crippen LogP contribution in [0.2, 0.25) is 0 Å². The number of para-hydroxylation sites is 1. The molecular weight excluding hydrogens is 383 g/mol. The number of nitrogens with one attached hydrogen (secondary N) is 2. The van der Waals surface area contributed by atoms with Crippen LogP contribution in [-0.2, 0) is 13.0 Å². The van der Waals surface area contributed by atoms with Gasteiger partial charge in [-0.1, -0.05) is 24.3 Å². The molecule has 0 unspecified atom stereocenters. The lowest BCUT2D eigenvalue weighted by atomic mass is 10.1. The Morgan fingerprint density at radius 2 is 1.93 bits per heavy atom. The Bertz CT molecular complexity index is 980. The van der Waals surface area contributed by atoms with Crippen LogP contribution in [0.1, 0.15) is 11.1 Å². The Labute approximate surface area is 175 Å². The third-order valence-corrected chi connectivity index (χ3v) is 4.42. The van der Waals surface area contributed by atoms with Crippen molar-refractivity contribution in [3.05, 3.63) is 83.9 Å². The van der Waals surface area contributed by atoms with Crippen LogP contribution in [-0.4, -0.2) is 31.6 Å². The minimum absolute atomic E-state index is 0.158. The van der Waals surface area contributed by atoms with Crippen molar-refractivity contribution >= 4 is 5.96 Å². The largest absolute Gasteiger partial charge is 0.496 e. The van der Waals surface area contributed by atoms with E-state index in [1.165, 1.54) is 12.3 Å². The lowest BCUT2D eigenvalue weighted by Gasteiger charge is -2.14. The minimum Gasteiger partial charge on any atom is -0.496 e. The van der Waals surface area contributed by atoms with Gasteiger partial charge in [0.1, 0.15) is 11.5 Å². The van der Waals surface area contributed by atoms with Gasteiger partial charge in [0.15, 0.2) is 17.5 Å². The summed E-state index contributed by atoms with van der Waals surface area (Å²) in [5, 5.41) is 6.44. The molecule has 156 valence electrons. The van der Waals surface area contributed by atoms with Gasteiger partial charge in [0.2, 0.25) is 0 Å². The van der Waals surface area contributed by atoms with Crippen molar-refractivity contribution in [1.29, 1.82) is 0 Å². The van der Waals surface area contributed by atoms with Gasteiger partial charge in [0.25, 0.3) is 0 Å². The maximum Gasteiger partial charge on any atom is 0.191 e. The minimum atomic E-state index is -0.433. The molecule has 3 rings (SSSR count). The van der Waals surface area contributed by atoms with Crippen molar-refractivity contribution in [3.8, 4) is 17.2 Å². The molecule has 7 heteroatoms. The average Bonchev–Trinajstić information content (AvgIpc) is 2.78. The zero-order valence-electron chi connectivity index (χ0n) is 17.1. The van der Waals surface area contributed by atoms with Crippen molar-refractivity contribution < 1.29 is 13.9 Å². The zero-order chi connectivity index (χ0) is 21.2. The van der Waals surface area contributed by atoms with Crippen molar-refractivity contribution in [2.75, 3.05) is 20.7 Å². The number of halogens is 1. The second kappa shape index (κ2) is 10.8. The number of guanidine groups is 1. The number of rotatable bonds is 8. The molecule has 0 aliphatic carbocycles. The van der Waals surface area contributed by atoms with E-state index in [-0.39, 0.29) is 5.75 Å². The molecule has 0 saturated carbocycles. The Balaban J connectivity index is 1.50. The highest BCUT2D eigenvalue weighted by atomic mass is 19.1. The summed E-state index contributed by atoms with van der Waals surface area (Å²) < 4.78 is 25.3. The normalized spacial score (nSPS) is 11.1. The average molecular weight is 408 g/mol. The molecule has 0 aliphatic heterocycles. The van der Waals surface area contributed by atoms with Crippen LogP contribution >= 0.6 is 0 Å². The van der Waals surface area contributed by atoms with E-state index in [9.17, 15) is 4.39 Å². The second-order valence-corrected chi connectivity index (χ2v) is 6.47. The standard InChI is InChI=1S/C23H25FN4O2/c1-25-23(27-13-11-18-6-3-4-8-21(18)29-2)28-15-17-9-10-22(20(24)14-17)30-19-7-5-12-26-16-19/h3-10,12,14,16H,11,13,15H2,1-2H3,(H2,25,27,28). The molecule has 0 fully saturated rings. The van der Waals surface area contributed by atoms with Crippen LogP contribution in [0.4, 0.5) is 4.39 Å². The van der Waals surface area contributed by atoms with E-state index in [4.69, 9.17) is 9.47 Å². The molecule has 0 atom stereocenters. The third-order valence-electron chi connectivity index (χ3n) is 4.42. The first-order valence-electron chi connectivity index (χ1n) is 9.62. The van der Waals surface area contributed by atoms with Gasteiger partial charge >= 0.3 is 0 Å². The molecule has 1 heterocycles. The monoisotopic (exact) mass is 408 g/mol. The van der Waals surface area contributed by atoms with E-state index in [0.29, 0.717) is 24.8 Å². The number of methoxy groups -OCH3 is 1. The smallest absolute Gasteiger partial charge is 0.191 e. The van der Waals surface area contributed by atoms with Gasteiger partial charge in [-0.05, 0) is 47.9 Å². The maximum absolute atomic E-state index is 14.4. The molecule has 0 saturated heterocycles. The van der Waals surface area contributed by atoms with Crippen LogP contribution in [0.15, 0.2) is 72.0 Å². The maximum atomic E-state index is 14.4. The molecule has 0 aliphatic rings. The van der Waals surface area contributed by atoms with Gasteiger partial charge in [-0.3, -0.25) is 9.98 Å². The molecule has 2 N–H and O–H groups in total. The summed E-state index contributed by atoms with van der Waals surface area (Å²) >= 11 is 0. The SMILES string of the molecule is CN=C(NCCc1ccccc1OC)NCc1ccc(Oc2cccnc2)c(F)c1. The summed E-state index contributed by atoms with van der Waals surface area (Å²) in [6, 6.07) is 16.2. The summed E-state index contributed by atoms with van der Waals surface area (Å²) in [6.45, 7) is 1.12. The molecule has 6 nitrogen and oxygen atoms in total. The highest BCUT2D eigenvalue weighted by molar-refractivity contribution is 5.79. The first-order valence-corrected chi connectivity index (χ1v) is 9.62. The van der Waals surface area contributed by atoms with E-state index >= 15 is 0 Å². The quantitative estimate of drug-likeness (QED) is 0.437. The first-order chi connectivity index (χ1) is 14.7. The fraction of sp³-hybridized carbons (Fsp3) is 0.217. The second-order valence-electron chi connectivity index (χ2n) is 6.47. The Hall–Kier alpha value is -3.61. The molecule has 2 aromatic carbocycles. The lowest BCUT2D eigenvalue weighted by molar-refractivity contribution is 0.409. The molecule has 1 aromatic heterocycles. The number of pyridine rings is 1. The highest BCUT2D eigenvalue weighted by Crippen LogP contribution is 2.24. The Kier molecular flexibility index (Phi) is 7.60. The van der Waals surface area contributed by atoms with Gasteiger partial charge < -0.3 is 20.1 Å². The summed E-state index contributed by atoms with van der Waals surface area (Å²) in [7, 11) is 3.36. The zero-order valence-corrected chi connectivity index (χ0v) is 17.1. The molecule has 30 heavy (non-hydrogen) atoms. The molecular formula is C23H25FN4O2. The van der Waals surface area contributed by atoms with Crippen molar-refractivity contribution in [2.24, 2.45) is 4.99 Å². The topological polar surface area (TPSA) is 67.8 Å². The predicted octanol–water partition coefficient (Wildman–Crippen LogP) is 3.93.